The Labute approximate surface area is 222 Å². The lowest BCUT2D eigenvalue weighted by Gasteiger charge is -2.25. The van der Waals surface area contributed by atoms with Gasteiger partial charge in [0.2, 0.25) is 11.9 Å². The molecule has 4 aromatic rings. The predicted octanol–water partition coefficient (Wildman–Crippen LogP) is 2.61. The second-order valence-electron chi connectivity index (χ2n) is 10.7. The highest BCUT2D eigenvalue weighted by Gasteiger charge is 2.19. The highest BCUT2D eigenvalue weighted by atomic mass is 28.3. The summed E-state index contributed by atoms with van der Waals surface area (Å²) in [5.41, 5.74) is 3.34. The highest BCUT2D eigenvalue weighted by molar-refractivity contribution is 6.76. The first-order valence-electron chi connectivity index (χ1n) is 12.8. The lowest BCUT2D eigenvalue weighted by Crippen LogP contribution is -2.47. The molecule has 1 saturated heterocycles. The van der Waals surface area contributed by atoms with Crippen molar-refractivity contribution in [3.05, 3.63) is 42.0 Å². The minimum absolute atomic E-state index is 0.0223. The van der Waals surface area contributed by atoms with E-state index in [4.69, 9.17) is 14.6 Å². The van der Waals surface area contributed by atoms with Crippen molar-refractivity contribution in [2.45, 2.75) is 45.6 Å². The topological polar surface area (TPSA) is 124 Å². The summed E-state index contributed by atoms with van der Waals surface area (Å²) in [5.74, 6) is 1.21. The van der Waals surface area contributed by atoms with Crippen LogP contribution in [0.1, 0.15) is 11.5 Å². The van der Waals surface area contributed by atoms with E-state index in [0.717, 1.165) is 47.3 Å². The number of hydrogen-bond acceptors (Lipinski definition) is 9. The third kappa shape index (κ3) is 6.18. The summed E-state index contributed by atoms with van der Waals surface area (Å²) in [4.78, 5) is 22.9. The molecule has 13 heteroatoms. The summed E-state index contributed by atoms with van der Waals surface area (Å²) in [6.45, 7) is 10.8. The molecule has 1 fully saturated rings. The molecule has 3 aromatic heterocycles. The Bertz CT molecular complexity index is 1430. The smallest absolute Gasteiger partial charge is 0.247 e. The van der Waals surface area contributed by atoms with Crippen LogP contribution in [-0.4, -0.2) is 81.6 Å². The van der Waals surface area contributed by atoms with Crippen molar-refractivity contribution in [1.29, 1.82) is 0 Å². The molecule has 0 unspecified atom stereocenters. The van der Waals surface area contributed by atoms with Gasteiger partial charge >= 0.3 is 0 Å². The van der Waals surface area contributed by atoms with Gasteiger partial charge in [0, 0.05) is 58.2 Å². The third-order valence-electron chi connectivity index (χ3n) is 6.38. The fraction of sp³-hybridized carbons (Fsp3) is 0.480. The van der Waals surface area contributed by atoms with Gasteiger partial charge in [-0.05, 0) is 24.2 Å². The van der Waals surface area contributed by atoms with E-state index in [1.54, 1.807) is 17.8 Å². The lowest BCUT2D eigenvalue weighted by atomic mass is 10.2. The van der Waals surface area contributed by atoms with E-state index in [1.165, 1.54) is 0 Å². The summed E-state index contributed by atoms with van der Waals surface area (Å²) in [6, 6.07) is 8.96. The van der Waals surface area contributed by atoms with Crippen molar-refractivity contribution < 1.29 is 14.3 Å². The molecule has 1 aliphatic heterocycles. The number of aromatic nitrogens is 6. The van der Waals surface area contributed by atoms with Crippen LogP contribution in [-0.2, 0) is 34.2 Å². The van der Waals surface area contributed by atoms with Gasteiger partial charge in [-0.2, -0.15) is 14.6 Å². The Morgan fingerprint density at radius 1 is 1.18 bits per heavy atom. The fourth-order valence-corrected chi connectivity index (χ4v) is 5.13. The van der Waals surface area contributed by atoms with Crippen LogP contribution >= 0.6 is 0 Å². The number of rotatable bonds is 11. The molecule has 0 saturated carbocycles. The van der Waals surface area contributed by atoms with Gasteiger partial charge in [-0.1, -0.05) is 19.6 Å². The molecule has 0 radical (unpaired) electrons. The summed E-state index contributed by atoms with van der Waals surface area (Å²) in [5, 5.41) is 16.6. The number of benzene rings is 1. The molecule has 4 heterocycles. The van der Waals surface area contributed by atoms with Crippen molar-refractivity contribution in [2.75, 3.05) is 38.7 Å². The van der Waals surface area contributed by atoms with Crippen LogP contribution in [0.2, 0.25) is 25.7 Å². The van der Waals surface area contributed by atoms with Gasteiger partial charge in [0.1, 0.15) is 12.6 Å². The average molecular weight is 538 g/mol. The largest absolute Gasteiger partial charge is 0.378 e. The van der Waals surface area contributed by atoms with Crippen LogP contribution in [0.15, 0.2) is 30.5 Å². The van der Waals surface area contributed by atoms with Crippen molar-refractivity contribution in [1.82, 2.24) is 39.6 Å². The second-order valence-corrected chi connectivity index (χ2v) is 16.3. The van der Waals surface area contributed by atoms with E-state index in [1.807, 2.05) is 33.8 Å². The lowest BCUT2D eigenvalue weighted by molar-refractivity contribution is -0.124. The molecule has 12 nitrogen and oxygen atoms in total. The number of carbonyl (C=O) groups is 1. The minimum Gasteiger partial charge on any atom is -0.378 e. The molecule has 38 heavy (non-hydrogen) atoms. The maximum Gasteiger partial charge on any atom is 0.247 e. The molecule has 0 bridgehead atoms. The number of carbonyl (C=O) groups excluding carboxylic acids is 1. The van der Waals surface area contributed by atoms with Gasteiger partial charge in [-0.15, -0.1) is 5.10 Å². The van der Waals surface area contributed by atoms with E-state index < -0.39 is 8.07 Å². The number of hydrogen-bond donors (Lipinski definition) is 2. The number of nitrogens with zero attached hydrogens (tertiary/aromatic N) is 7. The second kappa shape index (κ2) is 11.2. The van der Waals surface area contributed by atoms with Gasteiger partial charge in [0.25, 0.3) is 0 Å². The van der Waals surface area contributed by atoms with E-state index >= 15 is 0 Å². The number of amides is 1. The molecule has 202 valence electrons. The standard InChI is InChI=1S/C25H35N9O3Si/c1-36-16-20-19-6-5-18(13-21(19)33(30-20)17-37-11-12-38(2,3)4)28-25-29-22-7-8-26-23(34(22)31-25)14-32-10-9-27-24(35)15-32/h5-8,13H,9-12,14-17H2,1-4H3,(H,27,35)(H,28,31). The number of fused-ring (bicyclic) bond motifs is 2. The average Bonchev–Trinajstić information content (AvgIpc) is 3.43. The summed E-state index contributed by atoms with van der Waals surface area (Å²) < 4.78 is 15.0. The Hall–Kier alpha value is -3.39. The van der Waals surface area contributed by atoms with Crippen molar-refractivity contribution >= 4 is 42.2 Å². The Balaban J connectivity index is 1.36. The molecule has 1 aliphatic rings. The number of nitrogens with one attached hydrogen (secondary N) is 2. The van der Waals surface area contributed by atoms with Crippen LogP contribution in [0.4, 0.5) is 11.6 Å². The summed E-state index contributed by atoms with van der Waals surface area (Å²) in [7, 11) is 0.502. The zero-order valence-electron chi connectivity index (χ0n) is 22.4. The zero-order chi connectivity index (χ0) is 26.7. The SMILES string of the molecule is COCc1nn(COCC[Si](C)(C)C)c2cc(Nc3nc4ccnc(CN5CCNC(=O)C5)n4n3)ccc12. The van der Waals surface area contributed by atoms with E-state index in [2.05, 4.69) is 45.3 Å². The molecule has 2 N–H and O–H groups in total. The van der Waals surface area contributed by atoms with Gasteiger partial charge in [0.15, 0.2) is 5.65 Å². The molecule has 1 aromatic carbocycles. The van der Waals surface area contributed by atoms with Crippen molar-refractivity contribution in [3.63, 3.8) is 0 Å². The Morgan fingerprint density at radius 3 is 2.84 bits per heavy atom. The fourth-order valence-electron chi connectivity index (χ4n) is 4.37. The Morgan fingerprint density at radius 2 is 2.05 bits per heavy atom. The van der Waals surface area contributed by atoms with Crippen LogP contribution in [0.5, 0.6) is 0 Å². The normalized spacial score (nSPS) is 14.9. The third-order valence-corrected chi connectivity index (χ3v) is 8.09. The van der Waals surface area contributed by atoms with Crippen LogP contribution in [0.25, 0.3) is 16.6 Å². The number of anilines is 2. The first kappa shape index (κ1) is 26.2. The first-order valence-corrected chi connectivity index (χ1v) is 16.5. The molecular formula is C25H35N9O3Si. The van der Waals surface area contributed by atoms with E-state index in [0.29, 0.717) is 44.6 Å². The maximum absolute atomic E-state index is 11.8. The molecule has 5 rings (SSSR count). The minimum atomic E-state index is -1.17. The molecule has 0 aliphatic carbocycles. The number of methoxy groups -OCH3 is 1. The number of ether oxygens (including phenoxy) is 2. The Kier molecular flexibility index (Phi) is 7.70. The van der Waals surface area contributed by atoms with Crippen molar-refractivity contribution in [3.8, 4) is 0 Å². The van der Waals surface area contributed by atoms with Crippen LogP contribution in [0.3, 0.4) is 0 Å². The van der Waals surface area contributed by atoms with E-state index in [9.17, 15) is 4.79 Å². The van der Waals surface area contributed by atoms with Crippen LogP contribution in [0, 0.1) is 0 Å². The van der Waals surface area contributed by atoms with E-state index in [-0.39, 0.29) is 5.91 Å². The number of piperazine rings is 1. The van der Waals surface area contributed by atoms with Gasteiger partial charge in [0.05, 0.1) is 30.9 Å². The predicted molar refractivity (Wildman–Crippen MR) is 147 cm³/mol. The first-order chi connectivity index (χ1) is 18.3. The maximum atomic E-state index is 11.8. The zero-order valence-corrected chi connectivity index (χ0v) is 23.4. The van der Waals surface area contributed by atoms with Gasteiger partial charge < -0.3 is 20.1 Å². The quantitative estimate of drug-likeness (QED) is 0.219. The summed E-state index contributed by atoms with van der Waals surface area (Å²) >= 11 is 0. The van der Waals surface area contributed by atoms with Gasteiger partial charge in [-0.3, -0.25) is 9.69 Å². The van der Waals surface area contributed by atoms with Crippen LogP contribution < -0.4 is 10.6 Å². The van der Waals surface area contributed by atoms with Crippen molar-refractivity contribution in [2.24, 2.45) is 0 Å². The molecule has 0 spiro atoms. The summed E-state index contributed by atoms with van der Waals surface area (Å²) in [6.07, 6.45) is 1.72. The molecular weight excluding hydrogens is 502 g/mol. The molecule has 0 atom stereocenters. The van der Waals surface area contributed by atoms with Gasteiger partial charge in [-0.25, -0.2) is 9.67 Å². The molecule has 1 amide bonds. The monoisotopic (exact) mass is 537 g/mol. The highest BCUT2D eigenvalue weighted by Crippen LogP contribution is 2.25.